The average molecular weight is 242 g/mol. The van der Waals surface area contributed by atoms with Crippen LogP contribution in [0.1, 0.15) is 20.3 Å². The number of ether oxygens (including phenoxy) is 3. The summed E-state index contributed by atoms with van der Waals surface area (Å²) in [5.74, 6) is -0.802. The number of hydrogen-bond acceptors (Lipinski definition) is 5. The van der Waals surface area contributed by atoms with Gasteiger partial charge in [-0.2, -0.15) is 0 Å². The Balaban J connectivity index is 3.52. The molecule has 0 N–H and O–H groups in total. The topological polar surface area (TPSA) is 61.8 Å². The summed E-state index contributed by atoms with van der Waals surface area (Å²) in [6.07, 6.45) is 6.04. The Morgan fingerprint density at radius 3 is 2.18 bits per heavy atom. The zero-order chi connectivity index (χ0) is 12.9. The van der Waals surface area contributed by atoms with Crippen molar-refractivity contribution in [3.63, 3.8) is 0 Å². The maximum Gasteiger partial charge on any atom is 0.333 e. The summed E-state index contributed by atoms with van der Waals surface area (Å²) in [6.45, 7) is 4.56. The minimum absolute atomic E-state index is 0.339. The van der Waals surface area contributed by atoms with Gasteiger partial charge in [0.15, 0.2) is 0 Å². The van der Waals surface area contributed by atoms with Crippen LogP contribution in [0.15, 0.2) is 24.5 Å². The summed E-state index contributed by atoms with van der Waals surface area (Å²) in [5, 5.41) is 0. The molecule has 0 saturated carbocycles. The van der Waals surface area contributed by atoms with Crippen molar-refractivity contribution in [2.75, 3.05) is 19.8 Å². The van der Waals surface area contributed by atoms with Gasteiger partial charge >= 0.3 is 11.9 Å². The summed E-state index contributed by atoms with van der Waals surface area (Å²) in [6, 6.07) is 0. The minimum Gasteiger partial charge on any atom is -0.501 e. The van der Waals surface area contributed by atoms with E-state index in [-0.39, 0.29) is 5.97 Å². The predicted octanol–water partition coefficient (Wildman–Crippen LogP) is 1.59. The third-order valence-electron chi connectivity index (χ3n) is 1.53. The van der Waals surface area contributed by atoms with Gasteiger partial charge in [-0.05, 0) is 20.3 Å². The van der Waals surface area contributed by atoms with Gasteiger partial charge in [-0.15, -0.1) is 0 Å². The second-order valence-electron chi connectivity index (χ2n) is 2.87. The molecule has 0 aliphatic carbocycles. The average Bonchev–Trinajstić information content (AvgIpc) is 2.28. The number of rotatable bonds is 8. The molecule has 0 aliphatic rings. The van der Waals surface area contributed by atoms with Crippen LogP contribution in [0.4, 0.5) is 0 Å². The Bertz CT molecular complexity index is 253. The molecule has 0 rings (SSSR count). The maximum atomic E-state index is 10.9. The number of esters is 2. The second kappa shape index (κ2) is 10.7. The molecule has 0 spiro atoms. The van der Waals surface area contributed by atoms with Crippen molar-refractivity contribution in [1.29, 1.82) is 0 Å². The lowest BCUT2D eigenvalue weighted by Gasteiger charge is -1.97. The Morgan fingerprint density at radius 1 is 1.00 bits per heavy atom. The molecule has 17 heavy (non-hydrogen) atoms. The molecule has 0 amide bonds. The van der Waals surface area contributed by atoms with E-state index in [9.17, 15) is 9.59 Å². The van der Waals surface area contributed by atoms with Crippen molar-refractivity contribution in [3.05, 3.63) is 24.5 Å². The zero-order valence-electron chi connectivity index (χ0n) is 10.2. The van der Waals surface area contributed by atoms with Crippen molar-refractivity contribution >= 4 is 11.9 Å². The van der Waals surface area contributed by atoms with Crippen LogP contribution >= 0.6 is 0 Å². The quantitative estimate of drug-likeness (QED) is 0.280. The summed E-state index contributed by atoms with van der Waals surface area (Å²) in [4.78, 5) is 21.7. The van der Waals surface area contributed by atoms with Crippen LogP contribution in [-0.2, 0) is 23.8 Å². The third kappa shape index (κ3) is 10.5. The van der Waals surface area contributed by atoms with Gasteiger partial charge in [0.25, 0.3) is 0 Å². The van der Waals surface area contributed by atoms with E-state index in [4.69, 9.17) is 4.74 Å². The Morgan fingerprint density at radius 2 is 1.59 bits per heavy atom. The van der Waals surface area contributed by atoms with E-state index in [0.29, 0.717) is 26.2 Å². The molecule has 0 saturated heterocycles. The summed E-state index contributed by atoms with van der Waals surface area (Å²) in [5.41, 5.74) is 0. The molecular weight excluding hydrogens is 224 g/mol. The molecule has 96 valence electrons. The number of carbonyl (C=O) groups is 2. The SMILES string of the molecule is CCOC(=O)/C=C/CCO/C=C/C(=O)OCC. The van der Waals surface area contributed by atoms with Crippen LogP contribution in [0.25, 0.3) is 0 Å². The molecule has 0 atom stereocenters. The predicted molar refractivity (Wildman–Crippen MR) is 62.1 cm³/mol. The number of carbonyl (C=O) groups excluding carboxylic acids is 2. The van der Waals surface area contributed by atoms with Crippen molar-refractivity contribution in [1.82, 2.24) is 0 Å². The molecule has 0 fully saturated rings. The summed E-state index contributed by atoms with van der Waals surface area (Å²) in [7, 11) is 0. The summed E-state index contributed by atoms with van der Waals surface area (Å²) >= 11 is 0. The van der Waals surface area contributed by atoms with Gasteiger partial charge in [0, 0.05) is 6.08 Å². The fourth-order valence-electron chi connectivity index (χ4n) is 0.868. The lowest BCUT2D eigenvalue weighted by Crippen LogP contribution is -2.00. The van der Waals surface area contributed by atoms with E-state index in [0.717, 1.165) is 0 Å². The lowest BCUT2D eigenvalue weighted by atomic mass is 10.4. The van der Waals surface area contributed by atoms with Crippen LogP contribution in [-0.4, -0.2) is 31.8 Å². The zero-order valence-corrected chi connectivity index (χ0v) is 10.2. The monoisotopic (exact) mass is 242 g/mol. The second-order valence-corrected chi connectivity index (χ2v) is 2.87. The van der Waals surface area contributed by atoms with Gasteiger partial charge in [-0.3, -0.25) is 0 Å². The highest BCUT2D eigenvalue weighted by atomic mass is 16.5. The fourth-order valence-corrected chi connectivity index (χ4v) is 0.868. The standard InChI is InChI=1S/C12H18O5/c1-3-16-11(13)7-5-6-9-15-10-8-12(14)17-4-2/h5,7-8,10H,3-4,6,9H2,1-2H3/b7-5+,10-8+. The van der Waals surface area contributed by atoms with Crippen molar-refractivity contribution in [2.24, 2.45) is 0 Å². The maximum absolute atomic E-state index is 10.9. The van der Waals surface area contributed by atoms with Crippen molar-refractivity contribution < 1.29 is 23.8 Å². The van der Waals surface area contributed by atoms with E-state index < -0.39 is 5.97 Å². The highest BCUT2D eigenvalue weighted by Crippen LogP contribution is 1.89. The molecule has 0 heterocycles. The first kappa shape index (κ1) is 15.2. The van der Waals surface area contributed by atoms with E-state index in [1.165, 1.54) is 18.4 Å². The first-order chi connectivity index (χ1) is 8.20. The smallest absolute Gasteiger partial charge is 0.333 e. The molecule has 5 heteroatoms. The van der Waals surface area contributed by atoms with Gasteiger partial charge in [0.1, 0.15) is 0 Å². The molecular formula is C12H18O5. The first-order valence-corrected chi connectivity index (χ1v) is 5.48. The molecule has 0 aromatic heterocycles. The van der Waals surface area contributed by atoms with Gasteiger partial charge in [0.2, 0.25) is 0 Å². The largest absolute Gasteiger partial charge is 0.501 e. The normalized spacial score (nSPS) is 10.7. The van der Waals surface area contributed by atoms with Crippen LogP contribution in [0.3, 0.4) is 0 Å². The molecule has 0 unspecified atom stereocenters. The van der Waals surface area contributed by atoms with E-state index in [1.807, 2.05) is 0 Å². The molecule has 0 bridgehead atoms. The van der Waals surface area contributed by atoms with E-state index >= 15 is 0 Å². The minimum atomic E-state index is -0.436. The van der Waals surface area contributed by atoms with Gasteiger partial charge < -0.3 is 14.2 Å². The highest BCUT2D eigenvalue weighted by Gasteiger charge is 1.93. The first-order valence-electron chi connectivity index (χ1n) is 5.48. The molecule has 0 aliphatic heterocycles. The molecule has 0 aromatic rings. The van der Waals surface area contributed by atoms with Crippen LogP contribution in [0.2, 0.25) is 0 Å². The van der Waals surface area contributed by atoms with Crippen LogP contribution in [0, 0.1) is 0 Å². The van der Waals surface area contributed by atoms with E-state index in [1.54, 1.807) is 19.9 Å². The van der Waals surface area contributed by atoms with Gasteiger partial charge in [0.05, 0.1) is 32.2 Å². The van der Waals surface area contributed by atoms with Crippen LogP contribution < -0.4 is 0 Å². The van der Waals surface area contributed by atoms with Crippen molar-refractivity contribution in [3.8, 4) is 0 Å². The summed E-state index contributed by atoms with van der Waals surface area (Å²) < 4.78 is 14.3. The lowest BCUT2D eigenvalue weighted by molar-refractivity contribution is -0.138. The Labute approximate surface area is 101 Å². The Kier molecular flexibility index (Phi) is 9.61. The highest BCUT2D eigenvalue weighted by molar-refractivity contribution is 5.82. The molecule has 0 radical (unpaired) electrons. The van der Waals surface area contributed by atoms with Crippen molar-refractivity contribution in [2.45, 2.75) is 20.3 Å². The van der Waals surface area contributed by atoms with E-state index in [2.05, 4.69) is 9.47 Å². The Hall–Kier alpha value is -1.78. The molecule has 5 nitrogen and oxygen atoms in total. The number of hydrogen-bond donors (Lipinski definition) is 0. The fraction of sp³-hybridized carbons (Fsp3) is 0.500. The third-order valence-corrected chi connectivity index (χ3v) is 1.53. The van der Waals surface area contributed by atoms with Crippen LogP contribution in [0.5, 0.6) is 0 Å². The van der Waals surface area contributed by atoms with Gasteiger partial charge in [-0.1, -0.05) is 6.08 Å². The molecule has 0 aromatic carbocycles. The van der Waals surface area contributed by atoms with Gasteiger partial charge in [-0.25, -0.2) is 9.59 Å².